The van der Waals surface area contributed by atoms with Crippen LogP contribution in [0.25, 0.3) is 10.2 Å². The van der Waals surface area contributed by atoms with E-state index in [-0.39, 0.29) is 5.91 Å². The van der Waals surface area contributed by atoms with Gasteiger partial charge in [0.25, 0.3) is 0 Å². The number of rotatable bonds is 10. The quantitative estimate of drug-likeness (QED) is 0.272. The lowest BCUT2D eigenvalue weighted by Crippen LogP contribution is -2.30. The van der Waals surface area contributed by atoms with Gasteiger partial charge in [-0.05, 0) is 54.1 Å². The van der Waals surface area contributed by atoms with Gasteiger partial charge in [0.2, 0.25) is 5.91 Å². The number of amides is 1. The Balaban J connectivity index is 1.58. The predicted molar refractivity (Wildman–Crippen MR) is 136 cm³/mol. The van der Waals surface area contributed by atoms with Crippen molar-refractivity contribution in [2.24, 2.45) is 0 Å². The molecule has 0 radical (unpaired) electrons. The highest BCUT2D eigenvalue weighted by atomic mass is 32.2. The fourth-order valence-electron chi connectivity index (χ4n) is 3.39. The molecule has 0 fully saturated rings. The van der Waals surface area contributed by atoms with E-state index < -0.39 is 0 Å². The molecule has 2 aromatic heterocycles. The van der Waals surface area contributed by atoms with Crippen molar-refractivity contribution >= 4 is 44.4 Å². The first-order chi connectivity index (χ1) is 16.6. The van der Waals surface area contributed by atoms with Crippen LogP contribution in [0.2, 0.25) is 0 Å². The third kappa shape index (κ3) is 5.43. The van der Waals surface area contributed by atoms with Crippen LogP contribution in [0.4, 0.5) is 5.13 Å². The Morgan fingerprint density at radius 3 is 2.32 bits per heavy atom. The third-order valence-electron chi connectivity index (χ3n) is 5.17. The monoisotopic (exact) mass is 495 g/mol. The fraction of sp³-hybridized carbons (Fsp3) is 0.240. The number of hydrogen-bond acceptors (Lipinski definition) is 8. The number of carbonyl (C=O) groups is 1. The number of anilines is 1. The molecule has 7 nitrogen and oxygen atoms in total. The summed E-state index contributed by atoms with van der Waals surface area (Å²) in [7, 11) is 4.87. The van der Waals surface area contributed by atoms with Gasteiger partial charge < -0.3 is 14.2 Å². The molecule has 0 saturated carbocycles. The van der Waals surface area contributed by atoms with Gasteiger partial charge in [-0.25, -0.2) is 4.98 Å². The number of benzene rings is 2. The average molecular weight is 496 g/mol. The summed E-state index contributed by atoms with van der Waals surface area (Å²) in [5.74, 6) is 2.80. The van der Waals surface area contributed by atoms with Gasteiger partial charge in [-0.2, -0.15) is 0 Å². The first-order valence-electron chi connectivity index (χ1n) is 10.6. The summed E-state index contributed by atoms with van der Waals surface area (Å²) in [6, 6.07) is 15.3. The summed E-state index contributed by atoms with van der Waals surface area (Å²) in [5, 5.41) is 0.606. The van der Waals surface area contributed by atoms with Crippen molar-refractivity contribution in [1.82, 2.24) is 9.97 Å². The number of methoxy groups -OCH3 is 3. The number of aromatic nitrogens is 2. The van der Waals surface area contributed by atoms with Crippen molar-refractivity contribution in [1.29, 1.82) is 0 Å². The molecule has 176 valence electrons. The van der Waals surface area contributed by atoms with E-state index in [9.17, 15) is 4.79 Å². The summed E-state index contributed by atoms with van der Waals surface area (Å²) < 4.78 is 17.1. The van der Waals surface area contributed by atoms with Crippen molar-refractivity contribution in [2.75, 3.05) is 32.0 Å². The number of hydrogen-bond donors (Lipinski definition) is 0. The number of thiazole rings is 1. The molecule has 0 aliphatic heterocycles. The zero-order chi connectivity index (χ0) is 23.9. The lowest BCUT2D eigenvalue weighted by atomic mass is 10.2. The molecule has 9 heteroatoms. The molecule has 0 unspecified atom stereocenters. The summed E-state index contributed by atoms with van der Waals surface area (Å²) in [5.41, 5.74) is 1.66. The van der Waals surface area contributed by atoms with Crippen LogP contribution < -0.4 is 19.1 Å². The number of nitrogens with zero attached hydrogens (tertiary/aromatic N) is 3. The van der Waals surface area contributed by atoms with Crippen molar-refractivity contribution in [2.45, 2.75) is 17.9 Å². The minimum atomic E-state index is -0.00480. The minimum absolute atomic E-state index is 0.00480. The van der Waals surface area contributed by atoms with Crippen molar-refractivity contribution in [3.05, 3.63) is 66.5 Å². The van der Waals surface area contributed by atoms with Crippen LogP contribution in [-0.4, -0.2) is 43.0 Å². The van der Waals surface area contributed by atoms with E-state index in [4.69, 9.17) is 19.2 Å². The molecule has 1 amide bonds. The highest BCUT2D eigenvalue weighted by molar-refractivity contribution is 7.99. The lowest BCUT2D eigenvalue weighted by Gasteiger charge is -2.20. The summed E-state index contributed by atoms with van der Waals surface area (Å²) in [4.78, 5) is 25.1. The lowest BCUT2D eigenvalue weighted by molar-refractivity contribution is -0.118. The van der Waals surface area contributed by atoms with E-state index in [1.165, 1.54) is 11.3 Å². The van der Waals surface area contributed by atoms with E-state index in [2.05, 4.69) is 4.98 Å². The molecule has 0 saturated heterocycles. The molecule has 0 bridgehead atoms. The fourth-order valence-corrected chi connectivity index (χ4v) is 5.32. The van der Waals surface area contributed by atoms with Gasteiger partial charge in [-0.3, -0.25) is 14.7 Å². The van der Waals surface area contributed by atoms with Crippen molar-refractivity contribution < 1.29 is 19.0 Å². The normalized spacial score (nSPS) is 10.8. The first kappa shape index (κ1) is 23.8. The molecule has 2 heterocycles. The first-order valence-corrected chi connectivity index (χ1v) is 12.4. The Morgan fingerprint density at radius 1 is 0.941 bits per heavy atom. The molecule has 0 aliphatic rings. The second kappa shape index (κ2) is 11.2. The van der Waals surface area contributed by atoms with Gasteiger partial charge in [0, 0.05) is 29.5 Å². The zero-order valence-corrected chi connectivity index (χ0v) is 20.8. The molecule has 4 aromatic rings. The Labute approximate surface area is 206 Å². The number of carbonyl (C=O) groups excluding carboxylic acids is 1. The maximum absolute atomic E-state index is 13.4. The summed E-state index contributed by atoms with van der Waals surface area (Å²) >= 11 is 3.05. The molecular formula is C25H25N3O4S2. The van der Waals surface area contributed by atoms with Gasteiger partial charge in [0.1, 0.15) is 27.5 Å². The molecule has 0 N–H and O–H groups in total. The van der Waals surface area contributed by atoms with E-state index in [0.717, 1.165) is 20.9 Å². The molecule has 0 aliphatic carbocycles. The van der Waals surface area contributed by atoms with E-state index in [1.54, 1.807) is 50.4 Å². The molecule has 4 rings (SSSR count). The largest absolute Gasteiger partial charge is 0.497 e. The maximum atomic E-state index is 13.4. The number of pyridine rings is 1. The average Bonchev–Trinajstić information content (AvgIpc) is 3.33. The number of fused-ring (bicyclic) bond motifs is 1. The Morgan fingerprint density at radius 2 is 1.65 bits per heavy atom. The van der Waals surface area contributed by atoms with Crippen molar-refractivity contribution in [3.8, 4) is 17.2 Å². The van der Waals surface area contributed by atoms with E-state index in [1.807, 2.05) is 48.5 Å². The van der Waals surface area contributed by atoms with Crippen LogP contribution in [0.1, 0.15) is 12.0 Å². The van der Waals surface area contributed by atoms with Gasteiger partial charge in [-0.1, -0.05) is 11.3 Å². The van der Waals surface area contributed by atoms with Gasteiger partial charge in [0.15, 0.2) is 5.13 Å². The van der Waals surface area contributed by atoms with Gasteiger partial charge >= 0.3 is 0 Å². The van der Waals surface area contributed by atoms with Crippen LogP contribution in [0.5, 0.6) is 17.2 Å². The van der Waals surface area contributed by atoms with E-state index in [0.29, 0.717) is 40.9 Å². The van der Waals surface area contributed by atoms with Gasteiger partial charge in [0.05, 0.1) is 27.9 Å². The number of ether oxygens (including phenoxy) is 3. The van der Waals surface area contributed by atoms with Crippen LogP contribution >= 0.6 is 23.1 Å². The zero-order valence-electron chi connectivity index (χ0n) is 19.2. The van der Waals surface area contributed by atoms with Crippen LogP contribution in [0, 0.1) is 0 Å². The van der Waals surface area contributed by atoms with E-state index >= 15 is 0 Å². The third-order valence-corrected chi connectivity index (χ3v) is 7.27. The van der Waals surface area contributed by atoms with Crippen LogP contribution in [0.3, 0.4) is 0 Å². The Kier molecular flexibility index (Phi) is 7.87. The Bertz CT molecular complexity index is 1210. The molecule has 2 aromatic carbocycles. The van der Waals surface area contributed by atoms with Crippen LogP contribution in [-0.2, 0) is 11.3 Å². The van der Waals surface area contributed by atoms with Crippen LogP contribution in [0.15, 0.2) is 65.8 Å². The molecular weight excluding hydrogens is 470 g/mol. The molecule has 0 atom stereocenters. The highest BCUT2D eigenvalue weighted by Crippen LogP contribution is 2.40. The topological polar surface area (TPSA) is 73.8 Å². The summed E-state index contributed by atoms with van der Waals surface area (Å²) in [6.07, 6.45) is 3.82. The number of thioether (sulfide) groups is 1. The Hall–Kier alpha value is -3.30. The van der Waals surface area contributed by atoms with Gasteiger partial charge in [-0.15, -0.1) is 11.8 Å². The standard InChI is InChI=1S/C25H25N3O4S2/c1-30-18-4-6-19(7-5-18)33-15-12-22(29)28(16-17-10-13-26-14-11-17)25-27-23-20(31-2)8-9-21(32-3)24(23)34-25/h4-11,13-14H,12,15-16H2,1-3H3. The summed E-state index contributed by atoms with van der Waals surface area (Å²) in [6.45, 7) is 0.402. The predicted octanol–water partition coefficient (Wildman–Crippen LogP) is 5.43. The highest BCUT2D eigenvalue weighted by Gasteiger charge is 2.23. The van der Waals surface area contributed by atoms with Crippen molar-refractivity contribution in [3.63, 3.8) is 0 Å². The maximum Gasteiger partial charge on any atom is 0.229 e. The second-order valence-electron chi connectivity index (χ2n) is 7.25. The SMILES string of the molecule is COc1ccc(SCCC(=O)N(Cc2ccncc2)c2nc3c(OC)ccc(OC)c3s2)cc1. The smallest absolute Gasteiger partial charge is 0.229 e. The minimum Gasteiger partial charge on any atom is -0.497 e. The second-order valence-corrected chi connectivity index (χ2v) is 9.40. The molecule has 34 heavy (non-hydrogen) atoms. The molecule has 0 spiro atoms.